The number of thioether (sulfide) groups is 1. The second-order valence-corrected chi connectivity index (χ2v) is 7.06. The minimum Gasteiger partial charge on any atom is -0.387 e. The Kier molecular flexibility index (Phi) is 6.48. The number of carbonyl (C=O) groups is 1. The van der Waals surface area contributed by atoms with Gasteiger partial charge in [-0.05, 0) is 48.1 Å². The van der Waals surface area contributed by atoms with E-state index in [-0.39, 0.29) is 18.6 Å². The lowest BCUT2D eigenvalue weighted by atomic mass is 10.1. The molecule has 0 saturated carbocycles. The first-order chi connectivity index (χ1) is 10.0. The van der Waals surface area contributed by atoms with Crippen LogP contribution in [0.15, 0.2) is 18.2 Å². The molecule has 1 heterocycles. The fraction of sp³-hybridized carbons (Fsp3) is 0.500. The quantitative estimate of drug-likeness (QED) is 0.782. The van der Waals surface area contributed by atoms with Crippen molar-refractivity contribution in [2.75, 3.05) is 18.1 Å². The van der Waals surface area contributed by atoms with E-state index in [1.807, 2.05) is 11.8 Å². The number of hydrogen-bond acceptors (Lipinski definition) is 3. The second kappa shape index (κ2) is 8.13. The first-order valence-corrected chi connectivity index (χ1v) is 8.72. The lowest BCUT2D eigenvalue weighted by molar-refractivity contribution is 0.172. The van der Waals surface area contributed by atoms with Crippen molar-refractivity contribution in [2.45, 2.75) is 25.0 Å². The van der Waals surface area contributed by atoms with Crippen LogP contribution >= 0.6 is 35.0 Å². The van der Waals surface area contributed by atoms with Crippen molar-refractivity contribution in [1.29, 1.82) is 0 Å². The number of hydrogen-bond donors (Lipinski definition) is 3. The molecule has 1 aromatic rings. The first kappa shape index (κ1) is 16.7. The molecule has 0 spiro atoms. The third-order valence-electron chi connectivity index (χ3n) is 3.28. The van der Waals surface area contributed by atoms with Crippen molar-refractivity contribution in [3.8, 4) is 0 Å². The highest BCUT2D eigenvalue weighted by atomic mass is 35.5. The summed E-state index contributed by atoms with van der Waals surface area (Å²) in [5, 5.41) is 16.6. The Morgan fingerprint density at radius 2 is 1.90 bits per heavy atom. The van der Waals surface area contributed by atoms with Crippen LogP contribution in [0, 0.1) is 0 Å². The summed E-state index contributed by atoms with van der Waals surface area (Å²) >= 11 is 13.7. The largest absolute Gasteiger partial charge is 0.387 e. The van der Waals surface area contributed by atoms with Crippen molar-refractivity contribution in [1.82, 2.24) is 10.6 Å². The summed E-state index contributed by atoms with van der Waals surface area (Å²) in [6.07, 6.45) is 1.14. The van der Waals surface area contributed by atoms with E-state index >= 15 is 0 Å². The van der Waals surface area contributed by atoms with E-state index in [0.717, 1.165) is 24.3 Å². The van der Waals surface area contributed by atoms with E-state index in [2.05, 4.69) is 10.6 Å². The van der Waals surface area contributed by atoms with Gasteiger partial charge in [0.05, 0.1) is 6.10 Å². The van der Waals surface area contributed by atoms with Crippen LogP contribution in [0.5, 0.6) is 0 Å². The van der Waals surface area contributed by atoms with Crippen LogP contribution in [-0.4, -0.2) is 35.2 Å². The highest BCUT2D eigenvalue weighted by molar-refractivity contribution is 7.99. The average molecular weight is 349 g/mol. The second-order valence-electron chi connectivity index (χ2n) is 4.96. The van der Waals surface area contributed by atoms with E-state index < -0.39 is 6.10 Å². The number of nitrogens with one attached hydrogen (secondary N) is 2. The molecular formula is C14H18Cl2N2O2S. The Labute approximate surface area is 138 Å². The predicted molar refractivity (Wildman–Crippen MR) is 88.3 cm³/mol. The van der Waals surface area contributed by atoms with Gasteiger partial charge in [-0.3, -0.25) is 0 Å². The van der Waals surface area contributed by atoms with Gasteiger partial charge in [0.15, 0.2) is 0 Å². The summed E-state index contributed by atoms with van der Waals surface area (Å²) < 4.78 is 0. The van der Waals surface area contributed by atoms with Crippen molar-refractivity contribution >= 4 is 41.0 Å². The number of amides is 2. The zero-order chi connectivity index (χ0) is 15.2. The zero-order valence-electron chi connectivity index (χ0n) is 11.4. The molecule has 1 atom stereocenters. The van der Waals surface area contributed by atoms with Crippen LogP contribution in [0.4, 0.5) is 4.79 Å². The first-order valence-electron chi connectivity index (χ1n) is 6.81. The molecule has 0 unspecified atom stereocenters. The van der Waals surface area contributed by atoms with Crippen LogP contribution < -0.4 is 10.6 Å². The Balaban J connectivity index is 1.79. The lowest BCUT2D eigenvalue weighted by Crippen LogP contribution is -2.44. The predicted octanol–water partition coefficient (Wildman–Crippen LogP) is 3.22. The van der Waals surface area contributed by atoms with Crippen molar-refractivity contribution in [3.63, 3.8) is 0 Å². The number of urea groups is 1. The molecule has 0 radical (unpaired) electrons. The maximum absolute atomic E-state index is 11.8. The maximum Gasteiger partial charge on any atom is 0.315 e. The third-order valence-corrected chi connectivity index (χ3v) is 4.77. The average Bonchev–Trinajstić information content (AvgIpc) is 2.45. The van der Waals surface area contributed by atoms with Gasteiger partial charge in [-0.1, -0.05) is 23.2 Å². The molecule has 1 aliphatic rings. The van der Waals surface area contributed by atoms with Gasteiger partial charge in [0, 0.05) is 22.6 Å². The summed E-state index contributed by atoms with van der Waals surface area (Å²) in [5.74, 6) is 2.16. The van der Waals surface area contributed by atoms with Gasteiger partial charge in [0.25, 0.3) is 0 Å². The molecule has 2 amide bonds. The topological polar surface area (TPSA) is 61.4 Å². The van der Waals surface area contributed by atoms with Crippen molar-refractivity contribution in [3.05, 3.63) is 33.8 Å². The molecule has 0 bridgehead atoms. The number of carbonyl (C=O) groups excluding carboxylic acids is 1. The minimum absolute atomic E-state index is 0.115. The summed E-state index contributed by atoms with van der Waals surface area (Å²) in [6.45, 7) is 0.115. The Morgan fingerprint density at radius 3 is 2.52 bits per heavy atom. The highest BCUT2D eigenvalue weighted by Crippen LogP contribution is 2.23. The molecule has 0 aromatic heterocycles. The van der Waals surface area contributed by atoms with Crippen LogP contribution in [0.3, 0.4) is 0 Å². The van der Waals surface area contributed by atoms with Gasteiger partial charge in [0.2, 0.25) is 0 Å². The van der Waals surface area contributed by atoms with Gasteiger partial charge in [0.1, 0.15) is 0 Å². The van der Waals surface area contributed by atoms with Gasteiger partial charge < -0.3 is 15.7 Å². The molecule has 1 aliphatic heterocycles. The number of aliphatic hydroxyl groups excluding tert-OH is 1. The smallest absolute Gasteiger partial charge is 0.315 e. The third kappa shape index (κ3) is 5.58. The van der Waals surface area contributed by atoms with Crippen LogP contribution in [-0.2, 0) is 0 Å². The number of aliphatic hydroxyl groups is 1. The number of rotatable bonds is 4. The van der Waals surface area contributed by atoms with Gasteiger partial charge in [-0.15, -0.1) is 0 Å². The SMILES string of the molecule is O=C(NC[C@@H](O)c1cc(Cl)cc(Cl)c1)NC1CCSCC1. The van der Waals surface area contributed by atoms with Crippen LogP contribution in [0.2, 0.25) is 10.0 Å². The normalized spacial score (nSPS) is 17.3. The van der Waals surface area contributed by atoms with E-state index in [1.165, 1.54) is 0 Å². The Morgan fingerprint density at radius 1 is 1.29 bits per heavy atom. The summed E-state index contributed by atoms with van der Waals surface area (Å²) in [7, 11) is 0. The standard InChI is InChI=1S/C14H18Cl2N2O2S/c15-10-5-9(6-11(16)7-10)13(19)8-17-14(20)18-12-1-3-21-4-2-12/h5-7,12-13,19H,1-4,8H2,(H2,17,18,20)/t13-/m1/s1. The molecule has 7 heteroatoms. The van der Waals surface area contributed by atoms with E-state index in [9.17, 15) is 9.90 Å². The lowest BCUT2D eigenvalue weighted by Gasteiger charge is -2.23. The summed E-state index contributed by atoms with van der Waals surface area (Å²) in [6, 6.07) is 4.84. The van der Waals surface area contributed by atoms with Crippen molar-refractivity contribution < 1.29 is 9.90 Å². The van der Waals surface area contributed by atoms with Crippen molar-refractivity contribution in [2.24, 2.45) is 0 Å². The van der Waals surface area contributed by atoms with E-state index in [0.29, 0.717) is 15.6 Å². The Hall–Kier alpha value is -0.620. The molecule has 0 aliphatic carbocycles. The maximum atomic E-state index is 11.8. The van der Waals surface area contributed by atoms with E-state index in [1.54, 1.807) is 18.2 Å². The Bertz CT molecular complexity index is 476. The minimum atomic E-state index is -0.839. The number of halogens is 2. The van der Waals surface area contributed by atoms with Crippen LogP contribution in [0.25, 0.3) is 0 Å². The molecule has 1 aromatic carbocycles. The van der Waals surface area contributed by atoms with E-state index in [4.69, 9.17) is 23.2 Å². The molecule has 116 valence electrons. The molecule has 1 saturated heterocycles. The summed E-state index contributed by atoms with van der Waals surface area (Å²) in [4.78, 5) is 11.8. The van der Waals surface area contributed by atoms with Gasteiger partial charge >= 0.3 is 6.03 Å². The van der Waals surface area contributed by atoms with Gasteiger partial charge in [-0.2, -0.15) is 11.8 Å². The van der Waals surface area contributed by atoms with Crippen LogP contribution in [0.1, 0.15) is 24.5 Å². The number of benzene rings is 1. The molecule has 2 rings (SSSR count). The fourth-order valence-corrected chi connectivity index (χ4v) is 3.80. The molecular weight excluding hydrogens is 331 g/mol. The molecule has 4 nitrogen and oxygen atoms in total. The monoisotopic (exact) mass is 348 g/mol. The fourth-order valence-electron chi connectivity index (χ4n) is 2.15. The highest BCUT2D eigenvalue weighted by Gasteiger charge is 2.17. The molecule has 21 heavy (non-hydrogen) atoms. The zero-order valence-corrected chi connectivity index (χ0v) is 13.8. The van der Waals surface area contributed by atoms with Gasteiger partial charge in [-0.25, -0.2) is 4.79 Å². The summed E-state index contributed by atoms with van der Waals surface area (Å²) in [5.41, 5.74) is 0.585. The molecule has 3 N–H and O–H groups in total. The molecule has 1 fully saturated rings.